The summed E-state index contributed by atoms with van der Waals surface area (Å²) in [6.45, 7) is 2.16. The second-order valence-corrected chi connectivity index (χ2v) is 8.66. The van der Waals surface area contributed by atoms with Crippen LogP contribution in [0.1, 0.15) is 36.1 Å². The van der Waals surface area contributed by atoms with Crippen LogP contribution >= 0.6 is 11.8 Å². The summed E-state index contributed by atoms with van der Waals surface area (Å²) >= 11 is 1.39. The Labute approximate surface area is 176 Å². The predicted octanol–water partition coefficient (Wildman–Crippen LogP) is 2.48. The number of nitrogens with zero attached hydrogens (tertiary/aromatic N) is 3. The van der Waals surface area contributed by atoms with Gasteiger partial charge >= 0.3 is 5.69 Å². The lowest BCUT2D eigenvalue weighted by molar-refractivity contribution is -0.118. The van der Waals surface area contributed by atoms with Gasteiger partial charge in [0.25, 0.3) is 0 Å². The second kappa shape index (κ2) is 10.6. The van der Waals surface area contributed by atoms with Crippen molar-refractivity contribution in [1.82, 2.24) is 19.8 Å². The van der Waals surface area contributed by atoms with Gasteiger partial charge in [0.15, 0.2) is 0 Å². The van der Waals surface area contributed by atoms with E-state index in [9.17, 15) is 9.59 Å². The van der Waals surface area contributed by atoms with Crippen LogP contribution in [0.15, 0.2) is 40.2 Å². The molecule has 29 heavy (non-hydrogen) atoms. The normalized spacial score (nSPS) is 13.3. The van der Waals surface area contributed by atoms with Crippen LogP contribution in [0.2, 0.25) is 0 Å². The first kappa shape index (κ1) is 21.6. The number of carbonyl (C=O) groups excluding carboxylic acids is 1. The van der Waals surface area contributed by atoms with Gasteiger partial charge in [-0.15, -0.1) is 0 Å². The largest absolute Gasteiger partial charge is 0.351 e. The summed E-state index contributed by atoms with van der Waals surface area (Å²) in [5.41, 5.74) is 3.18. The van der Waals surface area contributed by atoms with Crippen molar-refractivity contribution in [2.24, 2.45) is 0 Å². The van der Waals surface area contributed by atoms with E-state index in [0.717, 1.165) is 54.9 Å². The summed E-state index contributed by atoms with van der Waals surface area (Å²) in [5.74, 6) is 0.233. The molecule has 1 heterocycles. The molecule has 0 fully saturated rings. The minimum atomic E-state index is -0.184. The minimum Gasteiger partial charge on any atom is -0.351 e. The lowest BCUT2D eigenvalue weighted by Crippen LogP contribution is -2.31. The van der Waals surface area contributed by atoms with Crippen molar-refractivity contribution in [2.45, 2.75) is 50.2 Å². The average Bonchev–Trinajstić information content (AvgIpc) is 2.73. The first-order valence-corrected chi connectivity index (χ1v) is 11.2. The molecule has 3 rings (SSSR count). The molecule has 0 saturated heterocycles. The van der Waals surface area contributed by atoms with Crippen molar-refractivity contribution >= 4 is 17.7 Å². The monoisotopic (exact) mass is 414 g/mol. The van der Waals surface area contributed by atoms with Crippen molar-refractivity contribution in [3.8, 4) is 0 Å². The molecule has 6 nitrogen and oxygen atoms in total. The Bertz CT molecular complexity index is 880. The maximum atomic E-state index is 12.7. The van der Waals surface area contributed by atoms with Gasteiger partial charge in [-0.2, -0.15) is 4.98 Å². The number of rotatable bonds is 9. The van der Waals surface area contributed by atoms with E-state index in [0.29, 0.717) is 13.1 Å². The molecule has 0 aliphatic heterocycles. The second-order valence-electron chi connectivity index (χ2n) is 7.69. The zero-order chi connectivity index (χ0) is 20.6. The molecule has 1 aromatic heterocycles. The summed E-state index contributed by atoms with van der Waals surface area (Å²) < 4.78 is 1.86. The molecular formula is C22H30N4O2S. The van der Waals surface area contributed by atoms with Crippen LogP contribution in [0.5, 0.6) is 0 Å². The molecule has 0 radical (unpaired) electrons. The molecule has 156 valence electrons. The molecule has 1 aromatic carbocycles. The van der Waals surface area contributed by atoms with Gasteiger partial charge in [-0.25, -0.2) is 4.79 Å². The highest BCUT2D eigenvalue weighted by atomic mass is 32.2. The Morgan fingerprint density at radius 2 is 1.97 bits per heavy atom. The van der Waals surface area contributed by atoms with E-state index in [1.54, 1.807) is 0 Å². The summed E-state index contributed by atoms with van der Waals surface area (Å²) in [4.78, 5) is 31.4. The van der Waals surface area contributed by atoms with E-state index in [-0.39, 0.29) is 17.3 Å². The molecular weight excluding hydrogens is 384 g/mol. The zero-order valence-corrected chi connectivity index (χ0v) is 18.1. The quantitative estimate of drug-likeness (QED) is 0.504. The Kier molecular flexibility index (Phi) is 7.89. The smallest absolute Gasteiger partial charge is 0.348 e. The maximum Gasteiger partial charge on any atom is 0.348 e. The third kappa shape index (κ3) is 6.18. The van der Waals surface area contributed by atoms with Gasteiger partial charge in [0, 0.05) is 24.3 Å². The maximum absolute atomic E-state index is 12.7. The van der Waals surface area contributed by atoms with Crippen LogP contribution in [-0.4, -0.2) is 46.8 Å². The van der Waals surface area contributed by atoms with Gasteiger partial charge in [-0.1, -0.05) is 42.1 Å². The SMILES string of the molecule is CN(C)CCCn1c2c(c(SCC(=O)NCc3ccccc3)nc1=O)CCCC2. The summed E-state index contributed by atoms with van der Waals surface area (Å²) in [5, 5.41) is 3.68. The van der Waals surface area contributed by atoms with Gasteiger partial charge in [-0.05, 0) is 58.3 Å². The highest BCUT2D eigenvalue weighted by Crippen LogP contribution is 2.28. The number of amides is 1. The van der Waals surface area contributed by atoms with Crippen LogP contribution in [0.4, 0.5) is 0 Å². The highest BCUT2D eigenvalue weighted by molar-refractivity contribution is 7.99. The van der Waals surface area contributed by atoms with Crippen LogP contribution in [0.3, 0.4) is 0 Å². The number of aromatic nitrogens is 2. The molecule has 0 spiro atoms. The number of thioether (sulfide) groups is 1. The van der Waals surface area contributed by atoms with Gasteiger partial charge in [0.2, 0.25) is 5.91 Å². The molecule has 1 N–H and O–H groups in total. The third-order valence-electron chi connectivity index (χ3n) is 5.11. The molecule has 1 aliphatic carbocycles. The predicted molar refractivity (Wildman–Crippen MR) is 117 cm³/mol. The summed E-state index contributed by atoms with van der Waals surface area (Å²) in [6.07, 6.45) is 4.99. The summed E-state index contributed by atoms with van der Waals surface area (Å²) in [7, 11) is 4.08. The average molecular weight is 415 g/mol. The van der Waals surface area contributed by atoms with Crippen LogP contribution in [-0.2, 0) is 30.7 Å². The zero-order valence-electron chi connectivity index (χ0n) is 17.3. The number of nitrogens with one attached hydrogen (secondary N) is 1. The number of hydrogen-bond donors (Lipinski definition) is 1. The van der Waals surface area contributed by atoms with E-state index < -0.39 is 0 Å². The Morgan fingerprint density at radius 3 is 2.72 bits per heavy atom. The van der Waals surface area contributed by atoms with Crippen LogP contribution in [0, 0.1) is 0 Å². The Balaban J connectivity index is 1.65. The Morgan fingerprint density at radius 1 is 1.21 bits per heavy atom. The molecule has 1 amide bonds. The van der Waals surface area contributed by atoms with Crippen molar-refractivity contribution in [3.05, 3.63) is 57.6 Å². The van der Waals surface area contributed by atoms with Crippen molar-refractivity contribution < 1.29 is 4.79 Å². The fourth-order valence-electron chi connectivity index (χ4n) is 3.62. The number of hydrogen-bond acceptors (Lipinski definition) is 5. The van der Waals surface area contributed by atoms with Gasteiger partial charge in [0.1, 0.15) is 5.03 Å². The lowest BCUT2D eigenvalue weighted by Gasteiger charge is -2.23. The van der Waals surface area contributed by atoms with Gasteiger partial charge < -0.3 is 10.2 Å². The van der Waals surface area contributed by atoms with E-state index in [4.69, 9.17) is 0 Å². The standard InChI is InChI=1S/C22H30N4O2S/c1-25(2)13-8-14-26-19-12-7-6-11-18(19)21(24-22(26)28)29-16-20(27)23-15-17-9-4-3-5-10-17/h3-5,9-10H,6-8,11-16H2,1-2H3,(H,23,27). The summed E-state index contributed by atoms with van der Waals surface area (Å²) in [6, 6.07) is 9.85. The molecule has 2 aromatic rings. The topological polar surface area (TPSA) is 67.2 Å². The van der Waals surface area contributed by atoms with E-state index in [2.05, 4.69) is 15.2 Å². The van der Waals surface area contributed by atoms with Crippen LogP contribution in [0.25, 0.3) is 0 Å². The number of carbonyl (C=O) groups is 1. The molecule has 7 heteroatoms. The lowest BCUT2D eigenvalue weighted by atomic mass is 9.97. The number of benzene rings is 1. The van der Waals surface area contributed by atoms with Crippen molar-refractivity contribution in [3.63, 3.8) is 0 Å². The third-order valence-corrected chi connectivity index (χ3v) is 6.13. The Hall–Kier alpha value is -2.12. The van der Waals surface area contributed by atoms with Gasteiger partial charge in [-0.3, -0.25) is 9.36 Å². The highest BCUT2D eigenvalue weighted by Gasteiger charge is 2.21. The van der Waals surface area contributed by atoms with E-state index >= 15 is 0 Å². The first-order chi connectivity index (χ1) is 14.0. The van der Waals surface area contributed by atoms with E-state index in [1.807, 2.05) is 49.0 Å². The fourth-order valence-corrected chi connectivity index (χ4v) is 4.53. The molecule has 0 bridgehead atoms. The number of fused-ring (bicyclic) bond motifs is 1. The molecule has 0 atom stereocenters. The fraction of sp³-hybridized carbons (Fsp3) is 0.500. The first-order valence-electron chi connectivity index (χ1n) is 10.3. The molecule has 0 saturated carbocycles. The van der Waals surface area contributed by atoms with Gasteiger partial charge in [0.05, 0.1) is 5.75 Å². The van der Waals surface area contributed by atoms with Crippen LogP contribution < -0.4 is 11.0 Å². The van der Waals surface area contributed by atoms with Crippen molar-refractivity contribution in [2.75, 3.05) is 26.4 Å². The van der Waals surface area contributed by atoms with Crippen molar-refractivity contribution in [1.29, 1.82) is 0 Å². The van der Waals surface area contributed by atoms with E-state index in [1.165, 1.54) is 17.3 Å². The minimum absolute atomic E-state index is 0.0413. The molecule has 1 aliphatic rings. The molecule has 0 unspecified atom stereocenters.